The fourth-order valence-electron chi connectivity index (χ4n) is 2.56. The summed E-state index contributed by atoms with van der Waals surface area (Å²) in [7, 11) is 0. The highest BCUT2D eigenvalue weighted by molar-refractivity contribution is 5.93. The van der Waals surface area contributed by atoms with Crippen LogP contribution in [0.2, 0.25) is 0 Å². The lowest BCUT2D eigenvalue weighted by atomic mass is 9.96. The molecule has 1 aromatic heterocycles. The van der Waals surface area contributed by atoms with Gasteiger partial charge in [-0.3, -0.25) is 4.79 Å². The molecule has 5 heteroatoms. The molecule has 120 valence electrons. The first-order chi connectivity index (χ1) is 10.9. The fraction of sp³-hybridized carbons (Fsp3) is 0.389. The van der Waals surface area contributed by atoms with Crippen LogP contribution in [0.3, 0.4) is 0 Å². The molecule has 0 aliphatic carbocycles. The van der Waals surface area contributed by atoms with E-state index in [4.69, 9.17) is 0 Å². The molecular formula is C18H22N4O. The van der Waals surface area contributed by atoms with E-state index in [2.05, 4.69) is 44.7 Å². The zero-order valence-corrected chi connectivity index (χ0v) is 13.8. The third-order valence-electron chi connectivity index (χ3n) is 4.03. The van der Waals surface area contributed by atoms with Gasteiger partial charge in [-0.25, -0.2) is 0 Å². The van der Waals surface area contributed by atoms with Crippen molar-refractivity contribution >= 4 is 17.5 Å². The minimum Gasteiger partial charge on any atom is -0.350 e. The number of amides is 1. The van der Waals surface area contributed by atoms with Crippen molar-refractivity contribution in [1.29, 1.82) is 0 Å². The lowest BCUT2D eigenvalue weighted by Crippen LogP contribution is -2.31. The number of fused-ring (bicyclic) bond motifs is 1. The Bertz CT molecular complexity index is 704. The summed E-state index contributed by atoms with van der Waals surface area (Å²) in [5, 5.41) is 11.2. The molecule has 1 aromatic carbocycles. The van der Waals surface area contributed by atoms with Crippen molar-refractivity contribution in [3.8, 4) is 0 Å². The maximum Gasteiger partial charge on any atom is 0.230 e. The van der Waals surface area contributed by atoms with E-state index >= 15 is 0 Å². The van der Waals surface area contributed by atoms with Crippen LogP contribution in [0.25, 0.3) is 0 Å². The lowest BCUT2D eigenvalue weighted by Gasteiger charge is -2.29. The van der Waals surface area contributed by atoms with E-state index in [0.29, 0.717) is 5.82 Å². The number of hydrogen-bond donors (Lipinski definition) is 1. The summed E-state index contributed by atoms with van der Waals surface area (Å²) in [6, 6.07) is 12.2. The summed E-state index contributed by atoms with van der Waals surface area (Å²) in [5.41, 5.74) is 2.30. The van der Waals surface area contributed by atoms with Gasteiger partial charge in [-0.2, -0.15) is 0 Å². The standard InChI is InChI=1S/C18H22N4O/c1-18(2,3)17(23)19-15-8-9-16(21-20-15)22-11-10-13-6-4-5-7-14(13)12-22/h4-9H,10-12H2,1-3H3,(H,19,20,23). The van der Waals surface area contributed by atoms with Gasteiger partial charge in [0.2, 0.25) is 5.91 Å². The van der Waals surface area contributed by atoms with Gasteiger partial charge in [0.1, 0.15) is 0 Å². The zero-order valence-electron chi connectivity index (χ0n) is 13.8. The van der Waals surface area contributed by atoms with Crippen LogP contribution >= 0.6 is 0 Å². The summed E-state index contributed by atoms with van der Waals surface area (Å²) in [6.45, 7) is 7.39. The van der Waals surface area contributed by atoms with Crippen molar-refractivity contribution in [3.63, 3.8) is 0 Å². The Labute approximate surface area is 136 Å². The molecule has 0 spiro atoms. The van der Waals surface area contributed by atoms with E-state index < -0.39 is 5.41 Å². The summed E-state index contributed by atoms with van der Waals surface area (Å²) < 4.78 is 0. The van der Waals surface area contributed by atoms with Crippen LogP contribution in [0, 0.1) is 5.41 Å². The van der Waals surface area contributed by atoms with Crippen molar-refractivity contribution in [1.82, 2.24) is 10.2 Å². The van der Waals surface area contributed by atoms with Crippen molar-refractivity contribution in [2.24, 2.45) is 5.41 Å². The highest BCUT2D eigenvalue weighted by Gasteiger charge is 2.22. The Morgan fingerprint density at radius 1 is 1.09 bits per heavy atom. The minimum absolute atomic E-state index is 0.0635. The summed E-state index contributed by atoms with van der Waals surface area (Å²) in [4.78, 5) is 14.2. The normalized spacial score (nSPS) is 14.3. The van der Waals surface area contributed by atoms with E-state index in [-0.39, 0.29) is 5.91 Å². The van der Waals surface area contributed by atoms with Crippen LogP contribution in [0.4, 0.5) is 11.6 Å². The Morgan fingerprint density at radius 3 is 2.48 bits per heavy atom. The largest absolute Gasteiger partial charge is 0.350 e. The quantitative estimate of drug-likeness (QED) is 0.926. The molecule has 0 fully saturated rings. The summed E-state index contributed by atoms with van der Waals surface area (Å²) >= 11 is 0. The monoisotopic (exact) mass is 310 g/mol. The second-order valence-corrected chi connectivity index (χ2v) is 6.92. The molecule has 2 aromatic rings. The number of aromatic nitrogens is 2. The molecule has 0 saturated heterocycles. The number of hydrogen-bond acceptors (Lipinski definition) is 4. The van der Waals surface area contributed by atoms with E-state index in [0.717, 1.165) is 25.3 Å². The Morgan fingerprint density at radius 2 is 1.83 bits per heavy atom. The number of nitrogens with zero attached hydrogens (tertiary/aromatic N) is 3. The molecule has 1 N–H and O–H groups in total. The fourth-order valence-corrected chi connectivity index (χ4v) is 2.56. The SMILES string of the molecule is CC(C)(C)C(=O)Nc1ccc(N2CCc3ccccc3C2)nn1. The number of carbonyl (C=O) groups excluding carboxylic acids is 1. The second-order valence-electron chi connectivity index (χ2n) is 6.92. The Balaban J connectivity index is 1.70. The second kappa shape index (κ2) is 5.99. The Kier molecular flexibility index (Phi) is 4.03. The van der Waals surface area contributed by atoms with Crippen molar-refractivity contribution in [2.45, 2.75) is 33.7 Å². The highest BCUT2D eigenvalue weighted by Crippen LogP contribution is 2.23. The van der Waals surface area contributed by atoms with Gasteiger partial charge in [0.25, 0.3) is 0 Å². The van der Waals surface area contributed by atoms with Gasteiger partial charge in [-0.15, -0.1) is 10.2 Å². The van der Waals surface area contributed by atoms with Crippen LogP contribution in [0.1, 0.15) is 31.9 Å². The molecule has 2 heterocycles. The first kappa shape index (κ1) is 15.5. The first-order valence-electron chi connectivity index (χ1n) is 7.90. The predicted octanol–water partition coefficient (Wildman–Crippen LogP) is 3.02. The molecule has 1 aliphatic rings. The van der Waals surface area contributed by atoms with Gasteiger partial charge < -0.3 is 10.2 Å². The molecule has 0 atom stereocenters. The molecule has 3 rings (SSSR count). The number of benzene rings is 1. The summed E-state index contributed by atoms with van der Waals surface area (Å²) in [5.74, 6) is 1.27. The van der Waals surface area contributed by atoms with Gasteiger partial charge in [0.05, 0.1) is 0 Å². The van der Waals surface area contributed by atoms with E-state index in [1.807, 2.05) is 32.9 Å². The van der Waals surface area contributed by atoms with Crippen LogP contribution < -0.4 is 10.2 Å². The smallest absolute Gasteiger partial charge is 0.230 e. The predicted molar refractivity (Wildman–Crippen MR) is 91.3 cm³/mol. The van der Waals surface area contributed by atoms with Gasteiger partial charge >= 0.3 is 0 Å². The Hall–Kier alpha value is -2.43. The molecule has 0 bridgehead atoms. The molecule has 5 nitrogen and oxygen atoms in total. The van der Waals surface area contributed by atoms with E-state index in [1.54, 1.807) is 0 Å². The molecular weight excluding hydrogens is 288 g/mol. The molecule has 1 amide bonds. The maximum absolute atomic E-state index is 12.0. The van der Waals surface area contributed by atoms with E-state index in [1.165, 1.54) is 11.1 Å². The van der Waals surface area contributed by atoms with E-state index in [9.17, 15) is 4.79 Å². The lowest BCUT2D eigenvalue weighted by molar-refractivity contribution is -0.123. The number of anilines is 2. The van der Waals surface area contributed by atoms with Crippen molar-refractivity contribution < 1.29 is 4.79 Å². The van der Waals surface area contributed by atoms with Gasteiger partial charge in [-0.05, 0) is 29.7 Å². The minimum atomic E-state index is -0.447. The molecule has 1 aliphatic heterocycles. The third kappa shape index (κ3) is 3.50. The molecule has 0 unspecified atom stereocenters. The van der Waals surface area contributed by atoms with Crippen LogP contribution in [-0.2, 0) is 17.8 Å². The zero-order chi connectivity index (χ0) is 16.4. The van der Waals surface area contributed by atoms with Crippen LogP contribution in [-0.4, -0.2) is 22.6 Å². The number of rotatable bonds is 2. The average molecular weight is 310 g/mol. The highest BCUT2D eigenvalue weighted by atomic mass is 16.2. The van der Waals surface area contributed by atoms with Gasteiger partial charge in [0, 0.05) is 18.5 Å². The first-order valence-corrected chi connectivity index (χ1v) is 7.90. The molecule has 23 heavy (non-hydrogen) atoms. The number of carbonyl (C=O) groups is 1. The van der Waals surface area contributed by atoms with Crippen LogP contribution in [0.5, 0.6) is 0 Å². The van der Waals surface area contributed by atoms with Crippen molar-refractivity contribution in [3.05, 3.63) is 47.5 Å². The average Bonchev–Trinajstić information content (AvgIpc) is 2.54. The number of nitrogens with one attached hydrogen (secondary N) is 1. The maximum atomic E-state index is 12.0. The third-order valence-corrected chi connectivity index (χ3v) is 4.03. The summed E-state index contributed by atoms with van der Waals surface area (Å²) in [6.07, 6.45) is 1.01. The van der Waals surface area contributed by atoms with Crippen molar-refractivity contribution in [2.75, 3.05) is 16.8 Å². The molecule has 0 radical (unpaired) electrons. The molecule has 0 saturated carbocycles. The van der Waals surface area contributed by atoms with Gasteiger partial charge in [-0.1, -0.05) is 45.0 Å². The topological polar surface area (TPSA) is 58.1 Å². The van der Waals surface area contributed by atoms with Crippen LogP contribution in [0.15, 0.2) is 36.4 Å². The van der Waals surface area contributed by atoms with Gasteiger partial charge in [0.15, 0.2) is 11.6 Å².